The average Bonchev–Trinajstić information content (AvgIpc) is 3.06. The predicted octanol–water partition coefficient (Wildman–Crippen LogP) is 2.29. The van der Waals surface area contributed by atoms with Crippen molar-refractivity contribution in [3.05, 3.63) is 17.6 Å². The van der Waals surface area contributed by atoms with Crippen LogP contribution in [-0.2, 0) is 4.74 Å². The Morgan fingerprint density at radius 1 is 1.29 bits per heavy atom. The van der Waals surface area contributed by atoms with E-state index in [9.17, 15) is 0 Å². The highest BCUT2D eigenvalue weighted by molar-refractivity contribution is 5.39. The Balaban J connectivity index is 1.84. The van der Waals surface area contributed by atoms with Crippen molar-refractivity contribution >= 4 is 5.82 Å². The molecule has 0 amide bonds. The molecule has 0 unspecified atom stereocenters. The Hall–Kier alpha value is -1.16. The molecule has 1 aromatic rings. The van der Waals surface area contributed by atoms with Crippen LogP contribution in [0.5, 0.6) is 0 Å². The summed E-state index contributed by atoms with van der Waals surface area (Å²) in [5.41, 5.74) is 1.14. The van der Waals surface area contributed by atoms with Gasteiger partial charge in [0.15, 0.2) is 0 Å². The van der Waals surface area contributed by atoms with Crippen LogP contribution in [0.2, 0.25) is 0 Å². The maximum Gasteiger partial charge on any atom is 0.134 e. The summed E-state index contributed by atoms with van der Waals surface area (Å²) in [5, 5.41) is 3.42. The fraction of sp³-hybridized carbons (Fsp3) is 0.692. The fourth-order valence-electron chi connectivity index (χ4n) is 1.91. The van der Waals surface area contributed by atoms with Crippen LogP contribution in [0.25, 0.3) is 0 Å². The molecule has 1 aromatic heterocycles. The zero-order valence-corrected chi connectivity index (χ0v) is 10.4. The van der Waals surface area contributed by atoms with Gasteiger partial charge in [0.2, 0.25) is 0 Å². The van der Waals surface area contributed by atoms with Crippen LogP contribution in [0.15, 0.2) is 6.07 Å². The molecule has 2 aliphatic rings. The summed E-state index contributed by atoms with van der Waals surface area (Å²) in [6.45, 7) is 5.93. The van der Waals surface area contributed by atoms with Gasteiger partial charge < -0.3 is 10.1 Å². The van der Waals surface area contributed by atoms with Crippen LogP contribution in [0.4, 0.5) is 5.82 Å². The van der Waals surface area contributed by atoms with Gasteiger partial charge >= 0.3 is 0 Å². The van der Waals surface area contributed by atoms with Crippen molar-refractivity contribution in [1.82, 2.24) is 9.97 Å². The summed E-state index contributed by atoms with van der Waals surface area (Å²) < 4.78 is 5.17. The lowest BCUT2D eigenvalue weighted by atomic mass is 10.1. The predicted molar refractivity (Wildman–Crippen MR) is 66.3 cm³/mol. The van der Waals surface area contributed by atoms with Crippen molar-refractivity contribution in [3.8, 4) is 0 Å². The SMILES string of the molecule is CC(C)c1cc(NC2COC2)nc(C2CC2)n1. The Labute approximate surface area is 102 Å². The zero-order valence-electron chi connectivity index (χ0n) is 10.4. The highest BCUT2D eigenvalue weighted by Crippen LogP contribution is 2.38. The van der Waals surface area contributed by atoms with E-state index < -0.39 is 0 Å². The first-order valence-electron chi connectivity index (χ1n) is 6.45. The lowest BCUT2D eigenvalue weighted by Crippen LogP contribution is -2.40. The molecule has 17 heavy (non-hydrogen) atoms. The summed E-state index contributed by atoms with van der Waals surface area (Å²) in [6.07, 6.45) is 2.49. The third-order valence-corrected chi connectivity index (χ3v) is 3.29. The van der Waals surface area contributed by atoms with E-state index in [-0.39, 0.29) is 0 Å². The van der Waals surface area contributed by atoms with Crippen LogP contribution in [0.1, 0.15) is 50.0 Å². The molecule has 0 radical (unpaired) electrons. The monoisotopic (exact) mass is 233 g/mol. The summed E-state index contributed by atoms with van der Waals surface area (Å²) in [6, 6.07) is 2.51. The van der Waals surface area contributed by atoms with Crippen LogP contribution in [0, 0.1) is 0 Å². The number of ether oxygens (including phenoxy) is 1. The molecule has 0 spiro atoms. The standard InChI is InChI=1S/C13H19N3O/c1-8(2)11-5-12(14-10-6-17-7-10)16-13(15-11)9-3-4-9/h5,8-10H,3-4,6-7H2,1-2H3,(H,14,15,16). The maximum atomic E-state index is 5.17. The Bertz CT molecular complexity index is 391. The third kappa shape index (κ3) is 2.41. The Morgan fingerprint density at radius 3 is 2.59 bits per heavy atom. The molecule has 1 N–H and O–H groups in total. The number of hydrogen-bond donors (Lipinski definition) is 1. The summed E-state index contributed by atoms with van der Waals surface area (Å²) in [4.78, 5) is 9.29. The molecule has 1 aliphatic heterocycles. The topological polar surface area (TPSA) is 47.0 Å². The second-order valence-corrected chi connectivity index (χ2v) is 5.34. The van der Waals surface area contributed by atoms with E-state index in [4.69, 9.17) is 4.74 Å². The van der Waals surface area contributed by atoms with Crippen molar-refractivity contribution < 1.29 is 4.74 Å². The van der Waals surface area contributed by atoms with E-state index >= 15 is 0 Å². The number of anilines is 1. The van der Waals surface area contributed by atoms with Crippen molar-refractivity contribution in [2.45, 2.75) is 44.6 Å². The Morgan fingerprint density at radius 2 is 2.06 bits per heavy atom. The average molecular weight is 233 g/mol. The minimum absolute atomic E-state index is 0.428. The van der Waals surface area contributed by atoms with Gasteiger partial charge in [0.25, 0.3) is 0 Å². The van der Waals surface area contributed by atoms with Gasteiger partial charge in [-0.05, 0) is 18.8 Å². The highest BCUT2D eigenvalue weighted by atomic mass is 16.5. The first kappa shape index (κ1) is 11.0. The third-order valence-electron chi connectivity index (χ3n) is 3.29. The molecular formula is C13H19N3O. The van der Waals surface area contributed by atoms with Crippen LogP contribution in [0.3, 0.4) is 0 Å². The van der Waals surface area contributed by atoms with Crippen LogP contribution < -0.4 is 5.32 Å². The molecule has 1 saturated heterocycles. The van der Waals surface area contributed by atoms with E-state index in [1.165, 1.54) is 12.8 Å². The van der Waals surface area contributed by atoms with Crippen molar-refractivity contribution in [2.75, 3.05) is 18.5 Å². The first-order chi connectivity index (χ1) is 8.22. The van der Waals surface area contributed by atoms with Crippen LogP contribution >= 0.6 is 0 Å². The second-order valence-electron chi connectivity index (χ2n) is 5.34. The smallest absolute Gasteiger partial charge is 0.134 e. The van der Waals surface area contributed by atoms with E-state index in [2.05, 4.69) is 35.2 Å². The first-order valence-corrected chi connectivity index (χ1v) is 6.45. The van der Waals surface area contributed by atoms with Gasteiger partial charge in [-0.15, -0.1) is 0 Å². The number of hydrogen-bond acceptors (Lipinski definition) is 4. The number of nitrogens with zero attached hydrogens (tertiary/aromatic N) is 2. The Kier molecular flexibility index (Phi) is 2.74. The van der Waals surface area contributed by atoms with Crippen molar-refractivity contribution in [2.24, 2.45) is 0 Å². The fourth-order valence-corrected chi connectivity index (χ4v) is 1.91. The molecule has 1 saturated carbocycles. The summed E-state index contributed by atoms with van der Waals surface area (Å²) in [5.74, 6) is 3.05. The molecule has 92 valence electrons. The molecule has 1 aliphatic carbocycles. The quantitative estimate of drug-likeness (QED) is 0.866. The molecule has 2 heterocycles. The van der Waals surface area contributed by atoms with Crippen LogP contribution in [-0.4, -0.2) is 29.2 Å². The molecule has 3 rings (SSSR count). The zero-order chi connectivity index (χ0) is 11.8. The molecular weight excluding hydrogens is 214 g/mol. The van der Waals surface area contributed by atoms with Gasteiger partial charge in [0.05, 0.1) is 19.3 Å². The second kappa shape index (κ2) is 4.26. The summed E-state index contributed by atoms with van der Waals surface area (Å²) in [7, 11) is 0. The molecule has 0 atom stereocenters. The molecule has 0 aromatic carbocycles. The van der Waals surface area contributed by atoms with Gasteiger partial charge in [0.1, 0.15) is 11.6 Å². The molecule has 4 nitrogen and oxygen atoms in total. The van der Waals surface area contributed by atoms with Gasteiger partial charge in [-0.1, -0.05) is 13.8 Å². The minimum atomic E-state index is 0.428. The van der Waals surface area contributed by atoms with Crippen molar-refractivity contribution in [1.29, 1.82) is 0 Å². The molecule has 0 bridgehead atoms. The lowest BCUT2D eigenvalue weighted by molar-refractivity contribution is 0.0209. The normalized spacial score (nSPS) is 20.4. The summed E-state index contributed by atoms with van der Waals surface area (Å²) >= 11 is 0. The van der Waals surface area contributed by atoms with Gasteiger partial charge in [-0.25, -0.2) is 9.97 Å². The highest BCUT2D eigenvalue weighted by Gasteiger charge is 2.28. The largest absolute Gasteiger partial charge is 0.377 e. The van der Waals surface area contributed by atoms with Crippen molar-refractivity contribution in [3.63, 3.8) is 0 Å². The lowest BCUT2D eigenvalue weighted by Gasteiger charge is -2.27. The van der Waals surface area contributed by atoms with Gasteiger partial charge in [-0.3, -0.25) is 0 Å². The minimum Gasteiger partial charge on any atom is -0.377 e. The van der Waals surface area contributed by atoms with E-state index in [1.54, 1.807) is 0 Å². The van der Waals surface area contributed by atoms with Gasteiger partial charge in [0, 0.05) is 17.7 Å². The number of aromatic nitrogens is 2. The van der Waals surface area contributed by atoms with E-state index in [0.717, 1.165) is 30.5 Å². The van der Waals surface area contributed by atoms with E-state index in [0.29, 0.717) is 17.9 Å². The number of rotatable bonds is 4. The molecule has 4 heteroatoms. The maximum absolute atomic E-state index is 5.17. The number of nitrogens with one attached hydrogen (secondary N) is 1. The van der Waals surface area contributed by atoms with Gasteiger partial charge in [-0.2, -0.15) is 0 Å². The van der Waals surface area contributed by atoms with E-state index in [1.807, 2.05) is 0 Å². The molecule has 2 fully saturated rings.